The molecule has 0 saturated carbocycles. The molecule has 146 valence electrons. The number of hydrogen-bond acceptors (Lipinski definition) is 2. The second kappa shape index (κ2) is 7.30. The highest BCUT2D eigenvalue weighted by Gasteiger charge is 2.38. The highest BCUT2D eigenvalue weighted by atomic mass is 19.4. The van der Waals surface area contributed by atoms with Crippen LogP contribution in [0.15, 0.2) is 54.7 Å². The maximum Gasteiger partial charge on any atom is 0.435 e. The molecule has 1 fully saturated rings. The number of benzene rings is 1. The van der Waals surface area contributed by atoms with Crippen LogP contribution in [0.4, 0.5) is 13.2 Å². The Hall–Kier alpha value is -2.83. The Labute approximate surface area is 160 Å². The molecular weight excluding hydrogens is 367 g/mol. The molecule has 0 radical (unpaired) electrons. The fraction of sp³-hybridized carbons (Fsp3) is 0.333. The molecule has 1 aromatic carbocycles. The number of aromatic nitrogens is 2. The van der Waals surface area contributed by atoms with Gasteiger partial charge in [0.15, 0.2) is 5.69 Å². The first-order valence-electron chi connectivity index (χ1n) is 9.29. The predicted molar refractivity (Wildman–Crippen MR) is 98.6 cm³/mol. The maximum absolute atomic E-state index is 13.5. The predicted octanol–water partition coefficient (Wildman–Crippen LogP) is 4.65. The van der Waals surface area contributed by atoms with Crippen molar-refractivity contribution in [3.63, 3.8) is 0 Å². The van der Waals surface area contributed by atoms with E-state index in [2.05, 4.69) is 4.98 Å². The minimum absolute atomic E-state index is 0.00890. The molecule has 1 atom stereocenters. The summed E-state index contributed by atoms with van der Waals surface area (Å²) >= 11 is 0. The van der Waals surface area contributed by atoms with E-state index >= 15 is 0 Å². The van der Waals surface area contributed by atoms with Crippen molar-refractivity contribution in [2.75, 3.05) is 6.54 Å². The summed E-state index contributed by atoms with van der Waals surface area (Å²) < 4.78 is 42.0. The summed E-state index contributed by atoms with van der Waals surface area (Å²) in [4.78, 5) is 17.9. The summed E-state index contributed by atoms with van der Waals surface area (Å²) in [6.07, 6.45) is -1.24. The summed E-state index contributed by atoms with van der Waals surface area (Å²) in [6.45, 7) is 0.329. The molecule has 4 nitrogen and oxygen atoms in total. The molecule has 0 aliphatic carbocycles. The number of rotatable bonds is 3. The Morgan fingerprint density at radius 2 is 1.79 bits per heavy atom. The number of likely N-dealkylation sites (tertiary alicyclic amines) is 1. The first kappa shape index (κ1) is 18.5. The molecule has 3 aromatic rings. The van der Waals surface area contributed by atoms with Crippen LogP contribution in [0.2, 0.25) is 0 Å². The molecule has 1 unspecified atom stereocenters. The van der Waals surface area contributed by atoms with Gasteiger partial charge >= 0.3 is 6.18 Å². The monoisotopic (exact) mass is 387 g/mol. The van der Waals surface area contributed by atoms with Gasteiger partial charge in [0.25, 0.3) is 0 Å². The van der Waals surface area contributed by atoms with Crippen LogP contribution in [0.5, 0.6) is 0 Å². The summed E-state index contributed by atoms with van der Waals surface area (Å²) in [6, 6.07) is 14.8. The normalized spacial score (nSPS) is 18.5. The van der Waals surface area contributed by atoms with E-state index in [0.29, 0.717) is 19.4 Å². The van der Waals surface area contributed by atoms with Gasteiger partial charge < -0.3 is 9.30 Å². The molecule has 2 aromatic heterocycles. The Balaban J connectivity index is 1.61. The lowest BCUT2D eigenvalue weighted by Crippen LogP contribution is -2.31. The van der Waals surface area contributed by atoms with Crippen molar-refractivity contribution in [3.8, 4) is 0 Å². The van der Waals surface area contributed by atoms with Crippen LogP contribution >= 0.6 is 0 Å². The standard InChI is InChI=1S/C21H20F3N3O/c22-21(23,24)20-17(27-12-5-4-8-18(27)25-20)14-26-13-11-16(9-10-19(26)28)15-6-2-1-3-7-15/h1-8,12,16H,9-11,13-14H2. The minimum Gasteiger partial charge on any atom is -0.337 e. The van der Waals surface area contributed by atoms with Crippen LogP contribution < -0.4 is 0 Å². The second-order valence-electron chi connectivity index (χ2n) is 7.08. The summed E-state index contributed by atoms with van der Waals surface area (Å²) in [5, 5.41) is 0. The fourth-order valence-corrected chi connectivity index (χ4v) is 3.87. The molecule has 4 rings (SSSR count). The van der Waals surface area contributed by atoms with E-state index in [-0.39, 0.29) is 29.7 Å². The van der Waals surface area contributed by atoms with Crippen LogP contribution in [0.25, 0.3) is 5.65 Å². The van der Waals surface area contributed by atoms with Crippen LogP contribution in [0, 0.1) is 0 Å². The smallest absolute Gasteiger partial charge is 0.337 e. The topological polar surface area (TPSA) is 37.6 Å². The van der Waals surface area contributed by atoms with Crippen LogP contribution in [0.3, 0.4) is 0 Å². The molecule has 1 aliphatic heterocycles. The van der Waals surface area contributed by atoms with Crippen molar-refractivity contribution in [1.29, 1.82) is 0 Å². The number of hydrogen-bond donors (Lipinski definition) is 0. The van der Waals surface area contributed by atoms with Gasteiger partial charge in [0.05, 0.1) is 12.2 Å². The zero-order valence-corrected chi connectivity index (χ0v) is 15.2. The quantitative estimate of drug-likeness (QED) is 0.656. The van der Waals surface area contributed by atoms with Crippen molar-refractivity contribution in [1.82, 2.24) is 14.3 Å². The summed E-state index contributed by atoms with van der Waals surface area (Å²) in [7, 11) is 0. The molecule has 28 heavy (non-hydrogen) atoms. The molecule has 3 heterocycles. The average Bonchev–Trinajstić information content (AvgIpc) is 2.96. The van der Waals surface area contributed by atoms with E-state index in [0.717, 1.165) is 6.42 Å². The van der Waals surface area contributed by atoms with Crippen molar-refractivity contribution in [2.45, 2.75) is 37.9 Å². The van der Waals surface area contributed by atoms with Crippen LogP contribution in [-0.2, 0) is 17.5 Å². The summed E-state index contributed by atoms with van der Waals surface area (Å²) in [5.74, 6) is 0.122. The lowest BCUT2D eigenvalue weighted by Gasteiger charge is -2.22. The highest BCUT2D eigenvalue weighted by Crippen LogP contribution is 2.34. The number of amides is 1. The molecule has 1 amide bonds. The highest BCUT2D eigenvalue weighted by molar-refractivity contribution is 5.76. The van der Waals surface area contributed by atoms with Gasteiger partial charge in [-0.1, -0.05) is 36.4 Å². The Morgan fingerprint density at radius 3 is 2.54 bits per heavy atom. The Morgan fingerprint density at radius 1 is 1.04 bits per heavy atom. The third-order valence-corrected chi connectivity index (χ3v) is 5.32. The van der Waals surface area contributed by atoms with Crippen molar-refractivity contribution in [2.24, 2.45) is 0 Å². The zero-order valence-electron chi connectivity index (χ0n) is 15.2. The number of halogens is 3. The Bertz CT molecular complexity index is 981. The number of carbonyl (C=O) groups excluding carboxylic acids is 1. The van der Waals surface area contributed by atoms with Gasteiger partial charge in [0, 0.05) is 19.2 Å². The van der Waals surface area contributed by atoms with Gasteiger partial charge in [0.1, 0.15) is 5.65 Å². The average molecular weight is 387 g/mol. The van der Waals surface area contributed by atoms with E-state index in [9.17, 15) is 18.0 Å². The van der Waals surface area contributed by atoms with Crippen molar-refractivity contribution in [3.05, 3.63) is 71.7 Å². The van der Waals surface area contributed by atoms with E-state index in [4.69, 9.17) is 0 Å². The number of nitrogens with zero attached hydrogens (tertiary/aromatic N) is 3. The molecule has 0 bridgehead atoms. The molecule has 0 N–H and O–H groups in total. The van der Waals surface area contributed by atoms with Gasteiger partial charge in [-0.2, -0.15) is 13.2 Å². The third-order valence-electron chi connectivity index (χ3n) is 5.32. The van der Waals surface area contributed by atoms with Crippen molar-refractivity contribution < 1.29 is 18.0 Å². The third kappa shape index (κ3) is 3.61. The molecule has 1 aliphatic rings. The van der Waals surface area contributed by atoms with E-state index in [1.165, 1.54) is 20.9 Å². The first-order valence-corrected chi connectivity index (χ1v) is 9.29. The lowest BCUT2D eigenvalue weighted by atomic mass is 9.92. The zero-order chi connectivity index (χ0) is 19.7. The summed E-state index contributed by atoms with van der Waals surface area (Å²) in [5.41, 5.74) is 0.488. The second-order valence-corrected chi connectivity index (χ2v) is 7.08. The van der Waals surface area contributed by atoms with E-state index in [1.54, 1.807) is 18.3 Å². The van der Waals surface area contributed by atoms with E-state index in [1.807, 2.05) is 30.3 Å². The number of pyridine rings is 1. The minimum atomic E-state index is -4.57. The fourth-order valence-electron chi connectivity index (χ4n) is 3.87. The molecule has 7 heteroatoms. The van der Waals surface area contributed by atoms with Gasteiger partial charge in [-0.25, -0.2) is 4.98 Å². The van der Waals surface area contributed by atoms with Gasteiger partial charge in [-0.3, -0.25) is 4.79 Å². The van der Waals surface area contributed by atoms with Gasteiger partial charge in [-0.05, 0) is 36.5 Å². The van der Waals surface area contributed by atoms with Gasteiger partial charge in [-0.15, -0.1) is 0 Å². The van der Waals surface area contributed by atoms with Gasteiger partial charge in [0.2, 0.25) is 5.91 Å². The molecule has 0 spiro atoms. The number of alkyl halides is 3. The number of fused-ring (bicyclic) bond motifs is 1. The largest absolute Gasteiger partial charge is 0.435 e. The van der Waals surface area contributed by atoms with Crippen LogP contribution in [-0.4, -0.2) is 26.7 Å². The molecular formula is C21H20F3N3O. The molecule has 1 saturated heterocycles. The lowest BCUT2D eigenvalue weighted by molar-refractivity contribution is -0.142. The maximum atomic E-state index is 13.5. The Kier molecular flexibility index (Phi) is 4.83. The number of carbonyl (C=O) groups is 1. The van der Waals surface area contributed by atoms with E-state index < -0.39 is 11.9 Å². The van der Waals surface area contributed by atoms with Crippen LogP contribution in [0.1, 0.15) is 42.1 Å². The SMILES string of the molecule is O=C1CCC(c2ccccc2)CCN1Cc1c(C(F)(F)F)nc2ccccn12. The number of imidazole rings is 1. The first-order chi connectivity index (χ1) is 13.4. The van der Waals surface area contributed by atoms with Crippen molar-refractivity contribution >= 4 is 11.6 Å².